The van der Waals surface area contributed by atoms with Crippen LogP contribution in [-0.2, 0) is 4.79 Å². The molecule has 1 unspecified atom stereocenters. The number of hydrogen-bond donors (Lipinski definition) is 2. The lowest BCUT2D eigenvalue weighted by molar-refractivity contribution is -0.122. The quantitative estimate of drug-likeness (QED) is 0.867. The highest BCUT2D eigenvalue weighted by Crippen LogP contribution is 2.25. The molecule has 0 radical (unpaired) electrons. The van der Waals surface area contributed by atoms with E-state index in [0.29, 0.717) is 0 Å². The molecule has 0 saturated heterocycles. The van der Waals surface area contributed by atoms with Crippen molar-refractivity contribution in [1.82, 2.24) is 5.32 Å². The number of carbonyl (C=O) groups is 1. The Morgan fingerprint density at radius 1 is 1.25 bits per heavy atom. The molecule has 1 aromatic rings. The molecule has 1 saturated carbocycles. The third-order valence-corrected chi connectivity index (χ3v) is 4.30. The van der Waals surface area contributed by atoms with Gasteiger partial charge in [0.15, 0.2) is 0 Å². The SMILES string of the molecule is Cc1ccc(C(N)C(=O)NCCC2CCCCC2)cc1. The van der Waals surface area contributed by atoms with Gasteiger partial charge >= 0.3 is 0 Å². The van der Waals surface area contributed by atoms with Crippen LogP contribution in [0.5, 0.6) is 0 Å². The van der Waals surface area contributed by atoms with Gasteiger partial charge in [-0.1, -0.05) is 61.9 Å². The van der Waals surface area contributed by atoms with Gasteiger partial charge in [0.05, 0.1) is 0 Å². The van der Waals surface area contributed by atoms with Crippen LogP contribution in [0.4, 0.5) is 0 Å². The Hall–Kier alpha value is -1.35. The van der Waals surface area contributed by atoms with Crippen molar-refractivity contribution in [2.24, 2.45) is 11.7 Å². The van der Waals surface area contributed by atoms with Crippen LogP contribution in [0.15, 0.2) is 24.3 Å². The molecule has 1 aliphatic rings. The molecule has 1 aromatic carbocycles. The number of rotatable bonds is 5. The van der Waals surface area contributed by atoms with E-state index in [1.807, 2.05) is 31.2 Å². The van der Waals surface area contributed by atoms with Gasteiger partial charge in [-0.2, -0.15) is 0 Å². The van der Waals surface area contributed by atoms with E-state index >= 15 is 0 Å². The van der Waals surface area contributed by atoms with Crippen LogP contribution in [0.25, 0.3) is 0 Å². The Kier molecular flexibility index (Phi) is 5.60. The number of hydrogen-bond acceptors (Lipinski definition) is 2. The molecule has 1 aliphatic carbocycles. The zero-order chi connectivity index (χ0) is 14.4. The minimum absolute atomic E-state index is 0.0651. The van der Waals surface area contributed by atoms with Crippen molar-refractivity contribution in [3.05, 3.63) is 35.4 Å². The van der Waals surface area contributed by atoms with Crippen molar-refractivity contribution in [1.29, 1.82) is 0 Å². The Morgan fingerprint density at radius 2 is 1.90 bits per heavy atom. The normalized spacial score (nSPS) is 17.7. The molecule has 2 rings (SSSR count). The third kappa shape index (κ3) is 4.34. The van der Waals surface area contributed by atoms with Crippen molar-refractivity contribution < 1.29 is 4.79 Å². The molecular formula is C17H26N2O. The fourth-order valence-electron chi connectivity index (χ4n) is 2.91. The molecule has 3 nitrogen and oxygen atoms in total. The maximum absolute atomic E-state index is 12.0. The summed E-state index contributed by atoms with van der Waals surface area (Å²) in [6.07, 6.45) is 7.80. The van der Waals surface area contributed by atoms with Crippen molar-refractivity contribution in [2.45, 2.75) is 51.5 Å². The van der Waals surface area contributed by atoms with Gasteiger partial charge in [0.25, 0.3) is 0 Å². The first kappa shape index (κ1) is 15.0. The topological polar surface area (TPSA) is 55.1 Å². The number of carbonyl (C=O) groups excluding carboxylic acids is 1. The molecule has 110 valence electrons. The molecule has 3 N–H and O–H groups in total. The smallest absolute Gasteiger partial charge is 0.241 e. The van der Waals surface area contributed by atoms with Crippen molar-refractivity contribution >= 4 is 5.91 Å². The zero-order valence-corrected chi connectivity index (χ0v) is 12.4. The summed E-state index contributed by atoms with van der Waals surface area (Å²) in [5.41, 5.74) is 8.06. The van der Waals surface area contributed by atoms with Gasteiger partial charge in [-0.15, -0.1) is 0 Å². The van der Waals surface area contributed by atoms with Crippen molar-refractivity contribution in [3.8, 4) is 0 Å². The summed E-state index contributed by atoms with van der Waals surface area (Å²) < 4.78 is 0. The second kappa shape index (κ2) is 7.44. The summed E-state index contributed by atoms with van der Waals surface area (Å²) >= 11 is 0. The lowest BCUT2D eigenvalue weighted by Gasteiger charge is -2.22. The monoisotopic (exact) mass is 274 g/mol. The fourth-order valence-corrected chi connectivity index (χ4v) is 2.91. The van der Waals surface area contributed by atoms with E-state index in [1.54, 1.807) is 0 Å². The van der Waals surface area contributed by atoms with Gasteiger partial charge in [0, 0.05) is 6.54 Å². The van der Waals surface area contributed by atoms with Crippen LogP contribution >= 0.6 is 0 Å². The van der Waals surface area contributed by atoms with E-state index in [-0.39, 0.29) is 5.91 Å². The Labute approximate surface area is 121 Å². The molecule has 20 heavy (non-hydrogen) atoms. The van der Waals surface area contributed by atoms with E-state index < -0.39 is 6.04 Å². The van der Waals surface area contributed by atoms with Crippen LogP contribution in [0.1, 0.15) is 55.7 Å². The summed E-state index contributed by atoms with van der Waals surface area (Å²) in [6.45, 7) is 2.78. The minimum Gasteiger partial charge on any atom is -0.354 e. The average molecular weight is 274 g/mol. The number of nitrogens with one attached hydrogen (secondary N) is 1. The lowest BCUT2D eigenvalue weighted by Crippen LogP contribution is -2.35. The third-order valence-electron chi connectivity index (χ3n) is 4.30. The molecule has 3 heteroatoms. The molecular weight excluding hydrogens is 248 g/mol. The molecule has 1 fully saturated rings. The summed E-state index contributed by atoms with van der Waals surface area (Å²) in [5.74, 6) is 0.726. The Morgan fingerprint density at radius 3 is 2.55 bits per heavy atom. The highest BCUT2D eigenvalue weighted by Gasteiger charge is 2.17. The maximum Gasteiger partial charge on any atom is 0.241 e. The predicted octanol–water partition coefficient (Wildman–Crippen LogP) is 3.08. The first-order valence-corrected chi connectivity index (χ1v) is 7.76. The summed E-state index contributed by atoms with van der Waals surface area (Å²) in [4.78, 5) is 12.0. The second-order valence-electron chi connectivity index (χ2n) is 5.97. The van der Waals surface area contributed by atoms with Crippen LogP contribution in [-0.4, -0.2) is 12.5 Å². The lowest BCUT2D eigenvalue weighted by atomic mass is 9.87. The van der Waals surface area contributed by atoms with Gasteiger partial charge < -0.3 is 11.1 Å². The standard InChI is InChI=1S/C17H26N2O/c1-13-7-9-15(10-8-13)16(18)17(20)19-12-11-14-5-3-2-4-6-14/h7-10,14,16H,2-6,11-12,18H2,1H3,(H,19,20). The van der Waals surface area contributed by atoms with Gasteiger partial charge in [-0.25, -0.2) is 0 Å². The van der Waals surface area contributed by atoms with Gasteiger partial charge in [-0.3, -0.25) is 4.79 Å². The molecule has 0 spiro atoms. The number of aryl methyl sites for hydroxylation is 1. The molecule has 1 atom stereocenters. The Balaban J connectivity index is 1.74. The van der Waals surface area contributed by atoms with Gasteiger partial charge in [-0.05, 0) is 24.8 Å². The van der Waals surface area contributed by atoms with Crippen molar-refractivity contribution in [3.63, 3.8) is 0 Å². The first-order chi connectivity index (χ1) is 9.66. The fraction of sp³-hybridized carbons (Fsp3) is 0.588. The number of amides is 1. The van der Waals surface area contributed by atoms with E-state index in [4.69, 9.17) is 5.73 Å². The highest BCUT2D eigenvalue weighted by molar-refractivity contribution is 5.82. The first-order valence-electron chi connectivity index (χ1n) is 7.76. The number of benzene rings is 1. The van der Waals surface area contributed by atoms with Gasteiger partial charge in [0.1, 0.15) is 6.04 Å². The van der Waals surface area contributed by atoms with E-state index in [2.05, 4.69) is 5.32 Å². The van der Waals surface area contributed by atoms with E-state index in [1.165, 1.54) is 37.7 Å². The molecule has 1 amide bonds. The van der Waals surface area contributed by atoms with Crippen LogP contribution in [0.2, 0.25) is 0 Å². The van der Waals surface area contributed by atoms with Crippen LogP contribution < -0.4 is 11.1 Å². The Bertz CT molecular complexity index is 421. The van der Waals surface area contributed by atoms with E-state index in [9.17, 15) is 4.79 Å². The summed E-state index contributed by atoms with van der Waals surface area (Å²) in [6, 6.07) is 7.29. The molecule has 0 bridgehead atoms. The highest BCUT2D eigenvalue weighted by atomic mass is 16.2. The molecule has 0 aromatic heterocycles. The molecule has 0 aliphatic heterocycles. The van der Waals surface area contributed by atoms with Crippen molar-refractivity contribution in [2.75, 3.05) is 6.54 Å². The largest absolute Gasteiger partial charge is 0.354 e. The predicted molar refractivity (Wildman–Crippen MR) is 82.3 cm³/mol. The van der Waals surface area contributed by atoms with Crippen LogP contribution in [0, 0.1) is 12.8 Å². The second-order valence-corrected chi connectivity index (χ2v) is 5.97. The average Bonchev–Trinajstić information content (AvgIpc) is 2.48. The van der Waals surface area contributed by atoms with Gasteiger partial charge in [0.2, 0.25) is 5.91 Å². The summed E-state index contributed by atoms with van der Waals surface area (Å²) in [5, 5.41) is 2.98. The van der Waals surface area contributed by atoms with E-state index in [0.717, 1.165) is 24.4 Å². The minimum atomic E-state index is -0.554. The maximum atomic E-state index is 12.0. The zero-order valence-electron chi connectivity index (χ0n) is 12.4. The van der Waals surface area contributed by atoms with Crippen LogP contribution in [0.3, 0.4) is 0 Å². The number of nitrogens with two attached hydrogens (primary N) is 1. The summed E-state index contributed by atoms with van der Waals surface area (Å²) in [7, 11) is 0. The molecule has 0 heterocycles.